The molecule has 2 aliphatic rings. The van der Waals surface area contributed by atoms with Gasteiger partial charge in [-0.1, -0.05) is 13.8 Å². The number of rotatable bonds is 1. The van der Waals surface area contributed by atoms with Crippen molar-refractivity contribution < 1.29 is 29.6 Å². The zero-order valence-corrected chi connectivity index (χ0v) is 18.2. The monoisotopic (exact) mass is 438 g/mol. The minimum atomic E-state index is -0.805. The second-order valence-corrected chi connectivity index (χ2v) is 9.90. The summed E-state index contributed by atoms with van der Waals surface area (Å²) in [5.74, 6) is -1.02. The number of phenolic OH excluding ortho intramolecular Hbond substituents is 3. The molecule has 0 amide bonds. The summed E-state index contributed by atoms with van der Waals surface area (Å²) in [6.07, 6.45) is 3.53. The van der Waals surface area contributed by atoms with Gasteiger partial charge < -0.3 is 29.6 Å². The molecule has 1 saturated carbocycles. The van der Waals surface area contributed by atoms with Gasteiger partial charge in [0.15, 0.2) is 17.3 Å². The molecule has 0 unspecified atom stereocenters. The van der Waals surface area contributed by atoms with Crippen LogP contribution in [0.25, 0.3) is 22.3 Å². The van der Waals surface area contributed by atoms with Crippen molar-refractivity contribution in [3.8, 4) is 40.1 Å². The van der Waals surface area contributed by atoms with E-state index < -0.39 is 22.5 Å². The molecule has 7 nitrogen and oxygen atoms in total. The van der Waals surface area contributed by atoms with Crippen molar-refractivity contribution in [2.45, 2.75) is 52.1 Å². The van der Waals surface area contributed by atoms with E-state index in [2.05, 4.69) is 20.8 Å². The van der Waals surface area contributed by atoms with E-state index >= 15 is 0 Å². The van der Waals surface area contributed by atoms with Gasteiger partial charge in [0.2, 0.25) is 11.2 Å². The summed E-state index contributed by atoms with van der Waals surface area (Å²) in [5.41, 5.74) is -0.210. The summed E-state index contributed by atoms with van der Waals surface area (Å²) in [7, 11) is 0. The largest absolute Gasteiger partial charge is 0.508 e. The van der Waals surface area contributed by atoms with E-state index in [9.17, 15) is 25.2 Å². The standard InChI is InChI=1S/C25H26O7/c1-24(2)7-4-8-25(3)18(24)11-14-13(5-6-15(27)22(14)32-25)23-21(30)20(29)19-16(28)9-12(26)10-17(19)31-23/h5-6,9-10,18,26-28,30H,4,7-8,11H2,1-3H3/t18-,25+/m0/s1. The average molecular weight is 438 g/mol. The molecule has 1 aliphatic carbocycles. The number of phenols is 3. The highest BCUT2D eigenvalue weighted by Gasteiger charge is 2.51. The molecule has 0 saturated heterocycles. The Hall–Kier alpha value is -3.35. The molecule has 168 valence electrons. The van der Waals surface area contributed by atoms with Gasteiger partial charge in [0, 0.05) is 29.2 Å². The molecule has 2 aromatic carbocycles. The average Bonchev–Trinajstić information content (AvgIpc) is 2.70. The van der Waals surface area contributed by atoms with Crippen LogP contribution in [0.2, 0.25) is 0 Å². The smallest absolute Gasteiger partial charge is 0.238 e. The summed E-state index contributed by atoms with van der Waals surface area (Å²) in [4.78, 5) is 12.8. The number of hydrogen-bond donors (Lipinski definition) is 4. The molecule has 0 bridgehead atoms. The van der Waals surface area contributed by atoms with Crippen LogP contribution in [0.5, 0.6) is 28.7 Å². The van der Waals surface area contributed by atoms with Crippen LogP contribution in [0.3, 0.4) is 0 Å². The maximum Gasteiger partial charge on any atom is 0.238 e. The fraction of sp³-hybridized carbons (Fsp3) is 0.400. The first-order chi connectivity index (χ1) is 15.0. The molecule has 32 heavy (non-hydrogen) atoms. The van der Waals surface area contributed by atoms with Gasteiger partial charge in [-0.15, -0.1) is 0 Å². The minimum Gasteiger partial charge on any atom is -0.508 e. The summed E-state index contributed by atoms with van der Waals surface area (Å²) < 4.78 is 12.2. The van der Waals surface area contributed by atoms with Crippen molar-refractivity contribution in [1.82, 2.24) is 0 Å². The number of aromatic hydroxyl groups is 4. The Bertz CT molecular complexity index is 1320. The van der Waals surface area contributed by atoms with E-state index in [1.54, 1.807) is 6.07 Å². The highest BCUT2D eigenvalue weighted by atomic mass is 16.5. The molecular weight excluding hydrogens is 412 g/mol. The maximum atomic E-state index is 12.8. The number of ether oxygens (including phenoxy) is 1. The van der Waals surface area contributed by atoms with Gasteiger partial charge in [-0.05, 0) is 50.2 Å². The van der Waals surface area contributed by atoms with Crippen LogP contribution in [0.1, 0.15) is 45.6 Å². The Balaban J connectivity index is 1.76. The van der Waals surface area contributed by atoms with Crippen LogP contribution in [-0.4, -0.2) is 26.0 Å². The van der Waals surface area contributed by atoms with Crippen molar-refractivity contribution >= 4 is 11.0 Å². The van der Waals surface area contributed by atoms with Gasteiger partial charge in [0.1, 0.15) is 28.1 Å². The molecule has 7 heteroatoms. The number of benzene rings is 2. The van der Waals surface area contributed by atoms with Gasteiger partial charge in [0.05, 0.1) is 0 Å². The van der Waals surface area contributed by atoms with Crippen LogP contribution in [0.4, 0.5) is 0 Å². The van der Waals surface area contributed by atoms with Crippen molar-refractivity contribution in [2.24, 2.45) is 11.3 Å². The second kappa shape index (κ2) is 6.58. The van der Waals surface area contributed by atoms with E-state index in [4.69, 9.17) is 9.15 Å². The quantitative estimate of drug-likeness (QED) is 0.431. The van der Waals surface area contributed by atoms with Crippen molar-refractivity contribution in [1.29, 1.82) is 0 Å². The zero-order chi connectivity index (χ0) is 23.0. The SMILES string of the molecule is CC1(C)CCC[C@@]2(C)Oc3c(O)ccc(-c4oc5cc(O)cc(O)c5c(=O)c4O)c3C[C@@H]12. The molecule has 2 atom stereocenters. The van der Waals surface area contributed by atoms with E-state index in [1.165, 1.54) is 12.1 Å². The zero-order valence-electron chi connectivity index (χ0n) is 18.2. The summed E-state index contributed by atoms with van der Waals surface area (Å²) in [6.45, 7) is 6.50. The lowest BCUT2D eigenvalue weighted by Crippen LogP contribution is -2.54. The molecule has 1 aliphatic heterocycles. The summed E-state index contributed by atoms with van der Waals surface area (Å²) >= 11 is 0. The molecule has 0 spiro atoms. The molecular formula is C25H26O7. The van der Waals surface area contributed by atoms with Crippen molar-refractivity contribution in [2.75, 3.05) is 0 Å². The third-order valence-electron chi connectivity index (χ3n) is 7.34. The Kier molecular flexibility index (Phi) is 4.22. The predicted molar refractivity (Wildman–Crippen MR) is 118 cm³/mol. The van der Waals surface area contributed by atoms with Gasteiger partial charge >= 0.3 is 0 Å². The van der Waals surface area contributed by atoms with Crippen LogP contribution >= 0.6 is 0 Å². The van der Waals surface area contributed by atoms with E-state index in [0.29, 0.717) is 23.3 Å². The molecule has 4 N–H and O–H groups in total. The number of hydrogen-bond acceptors (Lipinski definition) is 7. The molecule has 0 radical (unpaired) electrons. The molecule has 3 aromatic rings. The highest BCUT2D eigenvalue weighted by Crippen LogP contribution is 2.56. The van der Waals surface area contributed by atoms with E-state index in [0.717, 1.165) is 25.3 Å². The first-order valence-corrected chi connectivity index (χ1v) is 10.8. The Labute approximate surface area is 184 Å². The third kappa shape index (κ3) is 2.83. The predicted octanol–water partition coefficient (Wildman–Crippen LogP) is 4.80. The van der Waals surface area contributed by atoms with Crippen molar-refractivity contribution in [3.05, 3.63) is 40.1 Å². The van der Waals surface area contributed by atoms with Gasteiger partial charge in [-0.3, -0.25) is 4.79 Å². The second-order valence-electron chi connectivity index (χ2n) is 9.90. The van der Waals surface area contributed by atoms with E-state index in [1.807, 2.05) is 0 Å². The lowest BCUT2D eigenvalue weighted by Gasteiger charge is -2.53. The Morgan fingerprint density at radius 1 is 1.00 bits per heavy atom. The van der Waals surface area contributed by atoms with Crippen molar-refractivity contribution in [3.63, 3.8) is 0 Å². The maximum absolute atomic E-state index is 12.8. The van der Waals surface area contributed by atoms with Gasteiger partial charge in [-0.25, -0.2) is 0 Å². The molecule has 1 fully saturated rings. The molecule has 2 heterocycles. The van der Waals surface area contributed by atoms with Crippen LogP contribution in [0, 0.1) is 11.3 Å². The normalized spacial score (nSPS) is 23.9. The number of fused-ring (bicyclic) bond motifs is 3. The fourth-order valence-electron chi connectivity index (χ4n) is 5.72. The third-order valence-corrected chi connectivity index (χ3v) is 7.34. The summed E-state index contributed by atoms with van der Waals surface area (Å²) in [6, 6.07) is 5.27. The highest BCUT2D eigenvalue weighted by molar-refractivity contribution is 5.88. The Morgan fingerprint density at radius 3 is 2.50 bits per heavy atom. The Morgan fingerprint density at radius 2 is 1.75 bits per heavy atom. The fourth-order valence-corrected chi connectivity index (χ4v) is 5.72. The van der Waals surface area contributed by atoms with Gasteiger partial charge in [-0.2, -0.15) is 0 Å². The van der Waals surface area contributed by atoms with Gasteiger partial charge in [0.25, 0.3) is 0 Å². The van der Waals surface area contributed by atoms with Crippen LogP contribution in [-0.2, 0) is 6.42 Å². The topological polar surface area (TPSA) is 120 Å². The first kappa shape index (κ1) is 20.5. The lowest BCUT2D eigenvalue weighted by atomic mass is 9.59. The summed E-state index contributed by atoms with van der Waals surface area (Å²) in [5, 5.41) is 41.0. The lowest BCUT2D eigenvalue weighted by molar-refractivity contribution is -0.0826. The molecule has 5 rings (SSSR count). The van der Waals surface area contributed by atoms with Crippen LogP contribution in [0.15, 0.2) is 33.5 Å². The minimum absolute atomic E-state index is 0.00271. The molecule has 1 aromatic heterocycles. The van der Waals surface area contributed by atoms with E-state index in [-0.39, 0.29) is 39.6 Å². The van der Waals surface area contributed by atoms with Crippen LogP contribution < -0.4 is 10.2 Å². The first-order valence-electron chi connectivity index (χ1n) is 10.8.